The average Bonchev–Trinajstić information content (AvgIpc) is 2.95. The van der Waals surface area contributed by atoms with Crippen molar-refractivity contribution >= 4 is 43.5 Å². The minimum Gasteiger partial charge on any atom is -0.486 e. The van der Waals surface area contributed by atoms with E-state index in [1.54, 1.807) is 0 Å². The molecule has 12 nitrogen and oxygen atoms in total. The number of rotatable bonds is 6. The number of hydrogen-bond acceptors (Lipinski definition) is 9. The van der Waals surface area contributed by atoms with Gasteiger partial charge < -0.3 is 20.0 Å². The minimum absolute atomic E-state index is 0.0304. The lowest BCUT2D eigenvalue weighted by Gasteiger charge is -2.42. The van der Waals surface area contributed by atoms with E-state index in [0.717, 1.165) is 12.1 Å². The Kier molecular flexibility index (Phi) is 8.21. The summed E-state index contributed by atoms with van der Waals surface area (Å²) in [7, 11) is -10.0. The highest BCUT2D eigenvalue weighted by Gasteiger charge is 2.50. The lowest BCUT2D eigenvalue weighted by atomic mass is 9.76. The first kappa shape index (κ1) is 33.0. The topological polar surface area (TPSA) is 205 Å². The van der Waals surface area contributed by atoms with Crippen LogP contribution >= 0.6 is 0 Å². The molecule has 0 radical (unpaired) electrons. The maximum atomic E-state index is 14.1. The Morgan fingerprint density at radius 3 is 2.13 bits per heavy atom. The molecule has 4 unspecified atom stereocenters. The first-order valence-corrected chi connectivity index (χ1v) is 16.1. The van der Waals surface area contributed by atoms with Gasteiger partial charge >= 0.3 is 11.9 Å². The molecule has 46 heavy (non-hydrogen) atoms. The highest BCUT2D eigenvalue weighted by Crippen LogP contribution is 2.48. The van der Waals surface area contributed by atoms with Crippen LogP contribution in [0.25, 0.3) is 5.57 Å². The van der Waals surface area contributed by atoms with Crippen molar-refractivity contribution in [3.05, 3.63) is 93.3 Å². The first-order chi connectivity index (χ1) is 21.3. The predicted octanol–water partition coefficient (Wildman–Crippen LogP) is 4.10. The highest BCUT2D eigenvalue weighted by atomic mass is 32.2. The standard InChI is InChI=1S/C28H21F4NO11S2/c1-10-2-4-13-19(14-6-7-18(33)26(46(40,41)42)23(14)43-22(13)25(10)45(37,38)39)12-5-3-11(8-15(12)27(34)35)28(36)44-24-20(31)16(29)9-17(30)21(24)32/h2-5,8-10,23,25-26,33H,6-7H2,1H3,(H,34,35)(H,37,38,39)(H,40,41,42). The number of carbonyl (C=O) groups excluding carboxylic acids is 1. The number of benzene rings is 2. The molecule has 244 valence electrons. The quantitative estimate of drug-likeness (QED) is 0.112. The largest absolute Gasteiger partial charge is 0.486 e. The average molecular weight is 688 g/mol. The van der Waals surface area contributed by atoms with Crippen molar-refractivity contribution in [2.45, 2.75) is 36.4 Å². The fraction of sp³-hybridized carbons (Fsp3) is 0.250. The van der Waals surface area contributed by atoms with Gasteiger partial charge in [0.1, 0.15) is 11.9 Å². The van der Waals surface area contributed by atoms with Gasteiger partial charge in [-0.3, -0.25) is 9.11 Å². The van der Waals surface area contributed by atoms with Gasteiger partial charge in [0.25, 0.3) is 20.2 Å². The van der Waals surface area contributed by atoms with Crippen molar-refractivity contribution in [2.75, 3.05) is 0 Å². The van der Waals surface area contributed by atoms with Gasteiger partial charge in [0.15, 0.2) is 22.1 Å². The molecule has 3 aliphatic rings. The Balaban J connectivity index is 1.72. The van der Waals surface area contributed by atoms with Crippen LogP contribution in [0, 0.1) is 34.6 Å². The summed E-state index contributed by atoms with van der Waals surface area (Å²) in [5, 5.41) is 14.5. The van der Waals surface area contributed by atoms with E-state index >= 15 is 0 Å². The fourth-order valence-electron chi connectivity index (χ4n) is 5.71. The molecule has 1 aliphatic heterocycles. The molecule has 0 spiro atoms. The van der Waals surface area contributed by atoms with E-state index < -0.39 is 106 Å². The SMILES string of the molecule is CC1C=CC2=C(OC3C(=C2c2ccc(C(=O)Oc4c(F)c(F)cc(F)c4F)cc2C(=O)O)CCC(=N)C3S(=O)(=O)O)C1S(=O)(=O)O. The normalized spacial score (nSPS) is 23.1. The van der Waals surface area contributed by atoms with Crippen LogP contribution in [-0.4, -0.2) is 65.3 Å². The second-order valence-electron chi connectivity index (χ2n) is 10.6. The summed E-state index contributed by atoms with van der Waals surface area (Å²) in [6.07, 6.45) is 0.587. The van der Waals surface area contributed by atoms with Gasteiger partial charge in [0.05, 0.1) is 11.1 Å². The third-order valence-electron chi connectivity index (χ3n) is 7.70. The molecular weight excluding hydrogens is 666 g/mol. The number of halogens is 4. The molecule has 18 heteroatoms. The van der Waals surface area contributed by atoms with Crippen molar-refractivity contribution in [3.8, 4) is 5.75 Å². The molecule has 5 rings (SSSR count). The molecule has 1 fully saturated rings. The maximum absolute atomic E-state index is 14.1. The molecule has 0 aromatic heterocycles. The molecule has 4 N–H and O–H groups in total. The number of nitrogens with one attached hydrogen (secondary N) is 1. The summed E-state index contributed by atoms with van der Waals surface area (Å²) in [5.41, 5.74) is -2.30. The number of esters is 1. The van der Waals surface area contributed by atoms with E-state index in [4.69, 9.17) is 10.1 Å². The van der Waals surface area contributed by atoms with Crippen LogP contribution in [0.2, 0.25) is 0 Å². The van der Waals surface area contributed by atoms with Crippen molar-refractivity contribution in [1.29, 1.82) is 5.41 Å². The second-order valence-corrected chi connectivity index (χ2v) is 13.7. The van der Waals surface area contributed by atoms with Crippen LogP contribution in [0.4, 0.5) is 17.6 Å². The second kappa shape index (κ2) is 11.4. The number of allylic oxidation sites excluding steroid dienone is 4. The number of hydrogen-bond donors (Lipinski definition) is 4. The summed E-state index contributed by atoms with van der Waals surface area (Å²) >= 11 is 0. The number of fused-ring (bicyclic) bond motifs is 1. The Morgan fingerprint density at radius 2 is 1.57 bits per heavy atom. The van der Waals surface area contributed by atoms with Crippen molar-refractivity contribution in [2.24, 2.45) is 5.92 Å². The van der Waals surface area contributed by atoms with E-state index in [9.17, 15) is 58.2 Å². The van der Waals surface area contributed by atoms with Crippen LogP contribution in [0.3, 0.4) is 0 Å². The number of carboxylic acids is 1. The lowest BCUT2D eigenvalue weighted by Crippen LogP contribution is -2.49. The Morgan fingerprint density at radius 1 is 0.957 bits per heavy atom. The minimum atomic E-state index is -5.07. The Hall–Kier alpha value is -4.39. The summed E-state index contributed by atoms with van der Waals surface area (Å²) in [6, 6.07) is 2.48. The third kappa shape index (κ3) is 5.61. The van der Waals surface area contributed by atoms with Gasteiger partial charge in [0.2, 0.25) is 17.4 Å². The van der Waals surface area contributed by atoms with Crippen molar-refractivity contribution in [3.63, 3.8) is 0 Å². The zero-order chi connectivity index (χ0) is 34.0. The van der Waals surface area contributed by atoms with Crippen LogP contribution in [0.15, 0.2) is 53.3 Å². The predicted molar refractivity (Wildman–Crippen MR) is 149 cm³/mol. The van der Waals surface area contributed by atoms with E-state index in [2.05, 4.69) is 4.74 Å². The van der Waals surface area contributed by atoms with Crippen molar-refractivity contribution in [1.82, 2.24) is 0 Å². The molecule has 4 atom stereocenters. The zero-order valence-corrected chi connectivity index (χ0v) is 24.8. The Bertz CT molecular complexity index is 2030. The monoisotopic (exact) mass is 687 g/mol. The summed E-state index contributed by atoms with van der Waals surface area (Å²) in [6.45, 7) is 1.39. The van der Waals surface area contributed by atoms with Gasteiger partial charge in [-0.15, -0.1) is 0 Å². The molecule has 0 amide bonds. The molecule has 0 saturated heterocycles. The number of carboxylic acid groups (broad SMARTS) is 1. The smallest absolute Gasteiger partial charge is 0.343 e. The summed E-state index contributed by atoms with van der Waals surface area (Å²) in [5.74, 6) is -14.4. The maximum Gasteiger partial charge on any atom is 0.343 e. The fourth-order valence-corrected chi connectivity index (χ4v) is 7.80. The molecule has 2 aromatic rings. The van der Waals surface area contributed by atoms with Crippen LogP contribution in [-0.2, 0) is 25.0 Å². The van der Waals surface area contributed by atoms with Gasteiger partial charge in [-0.25, -0.2) is 18.4 Å². The lowest BCUT2D eigenvalue weighted by molar-refractivity contribution is 0.0696. The summed E-state index contributed by atoms with van der Waals surface area (Å²) < 4.78 is 136. The number of carbonyl (C=O) groups is 2. The number of ether oxygens (including phenoxy) is 2. The van der Waals surface area contributed by atoms with Crippen LogP contribution < -0.4 is 4.74 Å². The summed E-state index contributed by atoms with van der Waals surface area (Å²) in [4.78, 5) is 25.3. The van der Waals surface area contributed by atoms with E-state index in [1.807, 2.05) is 0 Å². The molecule has 1 saturated carbocycles. The van der Waals surface area contributed by atoms with E-state index in [-0.39, 0.29) is 41.2 Å². The van der Waals surface area contributed by atoms with Crippen LogP contribution in [0.1, 0.15) is 46.0 Å². The van der Waals surface area contributed by atoms with Gasteiger partial charge in [-0.05, 0) is 41.7 Å². The Labute approximate surface area is 257 Å². The van der Waals surface area contributed by atoms with Crippen molar-refractivity contribution < 1.29 is 67.7 Å². The third-order valence-corrected chi connectivity index (χ3v) is 10.2. The number of aromatic carboxylic acids is 1. The van der Waals surface area contributed by atoms with Gasteiger partial charge in [-0.2, -0.15) is 25.6 Å². The molecule has 2 aliphatic carbocycles. The molecule has 2 aromatic carbocycles. The molecule has 1 heterocycles. The van der Waals surface area contributed by atoms with Crippen LogP contribution in [0.5, 0.6) is 5.75 Å². The van der Waals surface area contributed by atoms with E-state index in [0.29, 0.717) is 6.07 Å². The molecular formula is C28H21F4NO11S2. The van der Waals surface area contributed by atoms with E-state index in [1.165, 1.54) is 19.1 Å². The van der Waals surface area contributed by atoms with Gasteiger partial charge in [0, 0.05) is 23.3 Å². The van der Waals surface area contributed by atoms with Gasteiger partial charge in [-0.1, -0.05) is 25.1 Å². The molecule has 0 bridgehead atoms. The zero-order valence-electron chi connectivity index (χ0n) is 23.1. The first-order valence-electron chi connectivity index (χ1n) is 13.1. The highest BCUT2D eigenvalue weighted by molar-refractivity contribution is 7.87.